The maximum Gasteiger partial charge on any atom is 0.225 e. The van der Waals surface area contributed by atoms with Crippen molar-refractivity contribution in [3.8, 4) is 0 Å². The van der Waals surface area contributed by atoms with Crippen LogP contribution in [0.15, 0.2) is 6.33 Å². The van der Waals surface area contributed by atoms with Gasteiger partial charge in [0.05, 0.1) is 6.54 Å². The summed E-state index contributed by atoms with van der Waals surface area (Å²) in [4.78, 5) is 26.8. The number of aromatic nitrogens is 3. The second-order valence-electron chi connectivity index (χ2n) is 4.96. The molecule has 1 heterocycles. The molecule has 0 atom stereocenters. The molecule has 0 aliphatic rings. The van der Waals surface area contributed by atoms with Crippen LogP contribution in [0.3, 0.4) is 0 Å². The van der Waals surface area contributed by atoms with E-state index in [0.29, 0.717) is 18.9 Å². The Kier molecular flexibility index (Phi) is 4.82. The molecule has 0 unspecified atom stereocenters. The van der Waals surface area contributed by atoms with E-state index in [1.165, 1.54) is 6.33 Å². The molecule has 0 aliphatic heterocycles. The van der Waals surface area contributed by atoms with Crippen molar-refractivity contribution in [1.29, 1.82) is 0 Å². The van der Waals surface area contributed by atoms with Crippen LogP contribution in [-0.4, -0.2) is 33.5 Å². The van der Waals surface area contributed by atoms with Gasteiger partial charge in [0, 0.05) is 18.4 Å². The minimum Gasteiger partial charge on any atom is -0.355 e. The maximum absolute atomic E-state index is 11.5. The second-order valence-corrected chi connectivity index (χ2v) is 4.96. The number of hydrogen-bond donors (Lipinski definition) is 3. The Labute approximate surface area is 106 Å². The fraction of sp³-hybridized carbons (Fsp3) is 0.636. The first-order valence-corrected chi connectivity index (χ1v) is 5.79. The van der Waals surface area contributed by atoms with Crippen LogP contribution >= 0.6 is 0 Å². The van der Waals surface area contributed by atoms with Crippen molar-refractivity contribution < 1.29 is 9.59 Å². The fourth-order valence-corrected chi connectivity index (χ4v) is 1.14. The van der Waals surface area contributed by atoms with Gasteiger partial charge in [0.1, 0.15) is 12.2 Å². The quantitative estimate of drug-likeness (QED) is 0.686. The van der Waals surface area contributed by atoms with Gasteiger partial charge in [-0.15, -0.1) is 0 Å². The largest absolute Gasteiger partial charge is 0.355 e. The zero-order valence-electron chi connectivity index (χ0n) is 10.9. The van der Waals surface area contributed by atoms with E-state index in [4.69, 9.17) is 0 Å². The molecule has 0 saturated heterocycles. The van der Waals surface area contributed by atoms with Crippen LogP contribution in [0.25, 0.3) is 0 Å². The minimum absolute atomic E-state index is 0.0643. The average Bonchev–Trinajstić information content (AvgIpc) is 2.77. The highest BCUT2D eigenvalue weighted by Crippen LogP contribution is 2.11. The Bertz CT molecular complexity index is 394. The summed E-state index contributed by atoms with van der Waals surface area (Å²) < 4.78 is 0. The molecule has 0 aromatic carbocycles. The minimum atomic E-state index is -0.434. The molecule has 0 aliphatic carbocycles. The van der Waals surface area contributed by atoms with E-state index in [1.807, 2.05) is 20.8 Å². The third kappa shape index (κ3) is 4.94. The maximum atomic E-state index is 11.5. The molecular weight excluding hydrogens is 234 g/mol. The summed E-state index contributed by atoms with van der Waals surface area (Å²) in [7, 11) is 0. The van der Waals surface area contributed by atoms with Gasteiger partial charge in [-0.2, -0.15) is 5.10 Å². The van der Waals surface area contributed by atoms with Crippen molar-refractivity contribution in [2.75, 3.05) is 6.54 Å². The average molecular weight is 253 g/mol. The summed E-state index contributed by atoms with van der Waals surface area (Å²) >= 11 is 0. The molecule has 1 aromatic rings. The summed E-state index contributed by atoms with van der Waals surface area (Å²) in [5.74, 6) is 0.397. The Morgan fingerprint density at radius 3 is 2.61 bits per heavy atom. The van der Waals surface area contributed by atoms with Gasteiger partial charge < -0.3 is 10.6 Å². The van der Waals surface area contributed by atoms with Crippen LogP contribution in [0.1, 0.15) is 33.0 Å². The fourth-order valence-electron chi connectivity index (χ4n) is 1.14. The van der Waals surface area contributed by atoms with E-state index in [2.05, 4.69) is 25.8 Å². The lowest BCUT2D eigenvalue weighted by atomic mass is 9.96. The molecule has 0 saturated carbocycles. The number of hydrogen-bond acceptors (Lipinski definition) is 4. The number of amides is 2. The van der Waals surface area contributed by atoms with Crippen molar-refractivity contribution in [3.05, 3.63) is 12.2 Å². The standard InChI is InChI=1S/C11H19N5O2/c1-11(2,3)10(18)12-5-4-9(17)13-6-8-14-7-15-16-8/h7H,4-6H2,1-3H3,(H,12,18)(H,13,17)(H,14,15,16). The molecule has 0 radical (unpaired) electrons. The topological polar surface area (TPSA) is 99.8 Å². The van der Waals surface area contributed by atoms with E-state index in [9.17, 15) is 9.59 Å². The van der Waals surface area contributed by atoms with Crippen LogP contribution in [-0.2, 0) is 16.1 Å². The first-order chi connectivity index (χ1) is 8.39. The third-order valence-corrected chi connectivity index (χ3v) is 2.24. The van der Waals surface area contributed by atoms with Crippen LogP contribution in [0, 0.1) is 5.41 Å². The lowest BCUT2D eigenvalue weighted by Crippen LogP contribution is -2.37. The molecule has 1 rings (SSSR count). The zero-order chi connectivity index (χ0) is 13.6. The van der Waals surface area contributed by atoms with Crippen molar-refractivity contribution in [1.82, 2.24) is 25.8 Å². The molecule has 0 fully saturated rings. The summed E-state index contributed by atoms with van der Waals surface area (Å²) in [6.07, 6.45) is 1.63. The lowest BCUT2D eigenvalue weighted by Gasteiger charge is -2.17. The van der Waals surface area contributed by atoms with Crippen molar-refractivity contribution in [2.45, 2.75) is 33.7 Å². The number of nitrogens with one attached hydrogen (secondary N) is 3. The molecule has 1 aromatic heterocycles. The molecule has 7 heteroatoms. The number of aromatic amines is 1. The predicted octanol–water partition coefficient (Wildman–Crippen LogP) is -0.0267. The highest BCUT2D eigenvalue weighted by atomic mass is 16.2. The monoisotopic (exact) mass is 253 g/mol. The van der Waals surface area contributed by atoms with Gasteiger partial charge in [-0.05, 0) is 0 Å². The van der Waals surface area contributed by atoms with Gasteiger partial charge >= 0.3 is 0 Å². The smallest absolute Gasteiger partial charge is 0.225 e. The number of rotatable bonds is 5. The second kappa shape index (κ2) is 6.13. The van der Waals surface area contributed by atoms with Crippen LogP contribution in [0.4, 0.5) is 0 Å². The molecule has 0 bridgehead atoms. The molecule has 0 spiro atoms. The number of carbonyl (C=O) groups is 2. The molecule has 7 nitrogen and oxygen atoms in total. The van der Waals surface area contributed by atoms with E-state index < -0.39 is 5.41 Å². The first-order valence-electron chi connectivity index (χ1n) is 5.79. The van der Waals surface area contributed by atoms with Gasteiger partial charge in [-0.3, -0.25) is 14.7 Å². The summed E-state index contributed by atoms with van der Waals surface area (Å²) in [6, 6.07) is 0. The number of carbonyl (C=O) groups excluding carboxylic acids is 2. The summed E-state index contributed by atoms with van der Waals surface area (Å²) in [6.45, 7) is 6.12. The highest BCUT2D eigenvalue weighted by Gasteiger charge is 2.20. The molecule has 3 N–H and O–H groups in total. The SMILES string of the molecule is CC(C)(C)C(=O)NCCC(=O)NCc1ncn[nH]1. The summed E-state index contributed by atoms with van der Waals surface area (Å²) in [5, 5.41) is 11.7. The van der Waals surface area contributed by atoms with Gasteiger partial charge in [-0.1, -0.05) is 20.8 Å². The van der Waals surface area contributed by atoms with Crippen molar-refractivity contribution >= 4 is 11.8 Å². The van der Waals surface area contributed by atoms with Crippen molar-refractivity contribution in [3.63, 3.8) is 0 Å². The molecule has 100 valence electrons. The van der Waals surface area contributed by atoms with Crippen LogP contribution in [0.5, 0.6) is 0 Å². The van der Waals surface area contributed by atoms with E-state index in [1.54, 1.807) is 0 Å². The summed E-state index contributed by atoms with van der Waals surface area (Å²) in [5.41, 5.74) is -0.434. The Balaban J connectivity index is 2.16. The zero-order valence-corrected chi connectivity index (χ0v) is 10.9. The van der Waals surface area contributed by atoms with Crippen molar-refractivity contribution in [2.24, 2.45) is 5.41 Å². The predicted molar refractivity (Wildman–Crippen MR) is 65.3 cm³/mol. The van der Waals surface area contributed by atoms with Crippen LogP contribution in [0.2, 0.25) is 0 Å². The molecule has 18 heavy (non-hydrogen) atoms. The normalized spacial score (nSPS) is 11.1. The van der Waals surface area contributed by atoms with Gasteiger partial charge in [0.25, 0.3) is 0 Å². The van der Waals surface area contributed by atoms with Crippen LogP contribution < -0.4 is 10.6 Å². The number of H-pyrrole nitrogens is 1. The Morgan fingerprint density at radius 1 is 1.33 bits per heavy atom. The number of nitrogens with zero attached hydrogens (tertiary/aromatic N) is 2. The molecule has 2 amide bonds. The highest BCUT2D eigenvalue weighted by molar-refractivity contribution is 5.82. The third-order valence-electron chi connectivity index (χ3n) is 2.24. The Hall–Kier alpha value is -1.92. The Morgan fingerprint density at radius 2 is 2.06 bits per heavy atom. The van der Waals surface area contributed by atoms with E-state index in [0.717, 1.165) is 0 Å². The van der Waals surface area contributed by atoms with Gasteiger partial charge in [-0.25, -0.2) is 4.98 Å². The van der Waals surface area contributed by atoms with Gasteiger partial charge in [0.2, 0.25) is 11.8 Å². The van der Waals surface area contributed by atoms with E-state index in [-0.39, 0.29) is 18.2 Å². The first kappa shape index (κ1) is 14.1. The van der Waals surface area contributed by atoms with E-state index >= 15 is 0 Å². The van der Waals surface area contributed by atoms with Gasteiger partial charge in [0.15, 0.2) is 0 Å². The molecular formula is C11H19N5O2. The lowest BCUT2D eigenvalue weighted by molar-refractivity contribution is -0.128.